The van der Waals surface area contributed by atoms with E-state index in [9.17, 15) is 37.5 Å². The number of carboxylic acid groups (broad SMARTS) is 1. The highest BCUT2D eigenvalue weighted by atomic mass is 19.4. The number of aromatic nitrogens is 1. The summed E-state index contributed by atoms with van der Waals surface area (Å²) in [4.78, 5) is 56.6. The molecular weight excluding hydrogens is 659 g/mol. The van der Waals surface area contributed by atoms with Crippen molar-refractivity contribution in [2.75, 3.05) is 33.6 Å². The molecule has 0 radical (unpaired) electrons. The lowest BCUT2D eigenvalue weighted by atomic mass is 10.0. The molecule has 14 heteroatoms. The second-order valence-corrected chi connectivity index (χ2v) is 11.3. The minimum absolute atomic E-state index is 0.00692. The molecule has 0 saturated heterocycles. The predicted octanol–water partition coefficient (Wildman–Crippen LogP) is 6.67. The van der Waals surface area contributed by atoms with Gasteiger partial charge in [-0.15, -0.1) is 0 Å². The van der Waals surface area contributed by atoms with Crippen LogP contribution in [0, 0.1) is 6.92 Å². The van der Waals surface area contributed by atoms with Crippen LogP contribution in [0.15, 0.2) is 66.7 Å². The summed E-state index contributed by atoms with van der Waals surface area (Å²) in [6, 6.07) is 14.7. The molecule has 262 valence electrons. The fourth-order valence-corrected chi connectivity index (χ4v) is 4.95. The number of nitrogens with one attached hydrogen (secondary N) is 1. The van der Waals surface area contributed by atoms with E-state index in [1.165, 1.54) is 49.5 Å². The van der Waals surface area contributed by atoms with Crippen LogP contribution in [-0.4, -0.2) is 67.1 Å². The number of rotatable bonds is 12. The number of carbonyl (C=O) groups excluding carboxylic acids is 3. The van der Waals surface area contributed by atoms with Gasteiger partial charge >= 0.3 is 18.1 Å². The van der Waals surface area contributed by atoms with Gasteiger partial charge in [-0.25, -0.2) is 4.79 Å². The Balaban J connectivity index is 1.52. The van der Waals surface area contributed by atoms with Crippen LogP contribution < -0.4 is 19.5 Å². The first-order valence-corrected chi connectivity index (χ1v) is 15.1. The van der Waals surface area contributed by atoms with Gasteiger partial charge in [0.05, 0.1) is 47.9 Å². The average molecular weight is 694 g/mol. The van der Waals surface area contributed by atoms with E-state index < -0.39 is 35.5 Å². The number of carboxylic acids is 1. The van der Waals surface area contributed by atoms with Crippen molar-refractivity contribution in [3.63, 3.8) is 0 Å². The lowest BCUT2D eigenvalue weighted by Gasteiger charge is -2.17. The van der Waals surface area contributed by atoms with Crippen LogP contribution in [0.1, 0.15) is 60.7 Å². The maximum absolute atomic E-state index is 13.6. The number of ether oxygens (including phenoxy) is 3. The number of esters is 1. The van der Waals surface area contributed by atoms with Crippen molar-refractivity contribution in [1.29, 1.82) is 0 Å². The Morgan fingerprint density at radius 2 is 1.52 bits per heavy atom. The molecule has 50 heavy (non-hydrogen) atoms. The zero-order chi connectivity index (χ0) is 36.7. The number of methoxy groups -OCH3 is 2. The van der Waals surface area contributed by atoms with Crippen LogP contribution in [0.4, 0.5) is 18.9 Å². The van der Waals surface area contributed by atoms with Gasteiger partial charge in [0.25, 0.3) is 11.8 Å². The minimum atomic E-state index is -4.52. The van der Waals surface area contributed by atoms with Crippen molar-refractivity contribution in [1.82, 2.24) is 9.88 Å². The number of carbonyl (C=O) groups is 4. The van der Waals surface area contributed by atoms with Gasteiger partial charge in [0.15, 0.2) is 11.5 Å². The van der Waals surface area contributed by atoms with Gasteiger partial charge < -0.3 is 29.5 Å². The van der Waals surface area contributed by atoms with E-state index in [4.69, 9.17) is 14.2 Å². The highest BCUT2D eigenvalue weighted by Gasteiger charge is 2.30. The van der Waals surface area contributed by atoms with E-state index in [0.717, 1.165) is 12.1 Å². The fourth-order valence-electron chi connectivity index (χ4n) is 4.95. The number of aryl methyl sites for hydroxylation is 2. The third kappa shape index (κ3) is 8.75. The first-order valence-electron chi connectivity index (χ1n) is 15.1. The van der Waals surface area contributed by atoms with Gasteiger partial charge in [0.1, 0.15) is 0 Å². The number of anilines is 1. The SMILES string of the molecule is COc1cc(C(=O)O)cc(OC)c1OC(=O)CCCc1ccc(NC(=O)c2ccc(C)nc2-c2ccc(C(F)(F)F)cc2)c(C(=O)N(C)C)c1. The number of nitrogens with zero attached hydrogens (tertiary/aromatic N) is 2. The normalized spacial score (nSPS) is 11.0. The summed E-state index contributed by atoms with van der Waals surface area (Å²) in [5, 5.41) is 12.1. The molecule has 0 saturated carbocycles. The van der Waals surface area contributed by atoms with Gasteiger partial charge in [0, 0.05) is 31.8 Å². The second-order valence-electron chi connectivity index (χ2n) is 11.3. The standard InChI is InChI=1S/C36H34F3N3O8/c1-20-9-15-25(31(40-20)22-11-13-24(14-12-22)36(37,38)39)33(44)41-27-16-10-21(17-26(27)34(45)42(2)3)7-6-8-30(43)50-32-28(48-4)18-23(35(46)47)19-29(32)49-5/h9-19H,6-8H2,1-5H3,(H,41,44)(H,46,47). The lowest BCUT2D eigenvalue weighted by Crippen LogP contribution is -2.24. The molecule has 1 heterocycles. The number of amides is 2. The largest absolute Gasteiger partial charge is 0.493 e. The van der Waals surface area contributed by atoms with Crippen LogP contribution >= 0.6 is 0 Å². The molecule has 0 aliphatic carbocycles. The fraction of sp³-hybridized carbons (Fsp3) is 0.250. The van der Waals surface area contributed by atoms with E-state index in [0.29, 0.717) is 29.7 Å². The summed E-state index contributed by atoms with van der Waals surface area (Å²) < 4.78 is 55.3. The van der Waals surface area contributed by atoms with E-state index in [1.54, 1.807) is 45.3 Å². The number of alkyl halides is 3. The number of aromatic carboxylic acids is 1. The van der Waals surface area contributed by atoms with Crippen molar-refractivity contribution in [3.8, 4) is 28.5 Å². The van der Waals surface area contributed by atoms with Crippen LogP contribution in [0.25, 0.3) is 11.3 Å². The van der Waals surface area contributed by atoms with Gasteiger partial charge in [-0.1, -0.05) is 18.2 Å². The topological polar surface area (TPSA) is 144 Å². The van der Waals surface area contributed by atoms with Crippen molar-refractivity contribution >= 4 is 29.4 Å². The zero-order valence-corrected chi connectivity index (χ0v) is 27.8. The van der Waals surface area contributed by atoms with Crippen molar-refractivity contribution in [3.05, 3.63) is 100 Å². The molecule has 11 nitrogen and oxygen atoms in total. The summed E-state index contributed by atoms with van der Waals surface area (Å²) in [6.07, 6.45) is -3.91. The number of hydrogen-bond acceptors (Lipinski definition) is 8. The number of pyridine rings is 1. The molecule has 0 aliphatic heterocycles. The van der Waals surface area contributed by atoms with Crippen LogP contribution in [-0.2, 0) is 17.4 Å². The smallest absolute Gasteiger partial charge is 0.416 e. The molecule has 2 amide bonds. The van der Waals surface area contributed by atoms with E-state index in [-0.39, 0.29) is 51.7 Å². The molecule has 0 fully saturated rings. The highest BCUT2D eigenvalue weighted by molar-refractivity contribution is 6.11. The third-order valence-corrected chi connectivity index (χ3v) is 7.50. The van der Waals surface area contributed by atoms with E-state index >= 15 is 0 Å². The highest BCUT2D eigenvalue weighted by Crippen LogP contribution is 2.39. The van der Waals surface area contributed by atoms with E-state index in [2.05, 4.69) is 10.3 Å². The number of halogens is 3. The second kappa shape index (κ2) is 15.5. The number of hydrogen-bond donors (Lipinski definition) is 2. The van der Waals surface area contributed by atoms with Gasteiger partial charge in [-0.05, 0) is 73.9 Å². The molecule has 0 spiro atoms. The van der Waals surface area contributed by atoms with Crippen molar-refractivity contribution < 1.29 is 51.7 Å². The van der Waals surface area contributed by atoms with Gasteiger partial charge in [-0.3, -0.25) is 19.4 Å². The lowest BCUT2D eigenvalue weighted by molar-refractivity contribution is -0.137. The van der Waals surface area contributed by atoms with Crippen LogP contribution in [0.3, 0.4) is 0 Å². The van der Waals surface area contributed by atoms with Crippen molar-refractivity contribution in [2.24, 2.45) is 0 Å². The zero-order valence-electron chi connectivity index (χ0n) is 27.8. The molecule has 4 aromatic rings. The van der Waals surface area contributed by atoms with Crippen LogP contribution in [0.5, 0.6) is 17.2 Å². The van der Waals surface area contributed by atoms with Gasteiger partial charge in [0.2, 0.25) is 5.75 Å². The summed E-state index contributed by atoms with van der Waals surface area (Å²) in [5.74, 6) is -2.93. The Kier molecular flexibility index (Phi) is 11.5. The van der Waals surface area contributed by atoms with Crippen LogP contribution in [0.2, 0.25) is 0 Å². The minimum Gasteiger partial charge on any atom is -0.493 e. The molecule has 0 bridgehead atoms. The summed E-state index contributed by atoms with van der Waals surface area (Å²) in [7, 11) is 5.70. The number of benzene rings is 3. The molecule has 3 aromatic carbocycles. The van der Waals surface area contributed by atoms with E-state index in [1.807, 2.05) is 0 Å². The quantitative estimate of drug-likeness (QED) is 0.123. The summed E-state index contributed by atoms with van der Waals surface area (Å²) in [6.45, 7) is 1.69. The Morgan fingerprint density at radius 1 is 0.880 bits per heavy atom. The first kappa shape index (κ1) is 36.9. The maximum atomic E-state index is 13.6. The van der Waals surface area contributed by atoms with Gasteiger partial charge in [-0.2, -0.15) is 13.2 Å². The molecule has 0 unspecified atom stereocenters. The first-order chi connectivity index (χ1) is 23.6. The molecule has 0 aliphatic rings. The third-order valence-electron chi connectivity index (χ3n) is 7.50. The van der Waals surface area contributed by atoms with Crippen molar-refractivity contribution in [2.45, 2.75) is 32.4 Å². The molecule has 0 atom stereocenters. The summed E-state index contributed by atoms with van der Waals surface area (Å²) in [5.41, 5.74) is 1.21. The Bertz CT molecular complexity index is 1900. The maximum Gasteiger partial charge on any atom is 0.416 e. The monoisotopic (exact) mass is 693 g/mol. The average Bonchev–Trinajstić information content (AvgIpc) is 3.07. The Hall–Kier alpha value is -5.92. The predicted molar refractivity (Wildman–Crippen MR) is 177 cm³/mol. The summed E-state index contributed by atoms with van der Waals surface area (Å²) >= 11 is 0. The molecule has 4 rings (SSSR count). The molecular formula is C36H34F3N3O8. The molecule has 1 aromatic heterocycles. The Morgan fingerprint density at radius 3 is 2.08 bits per heavy atom. The molecule has 2 N–H and O–H groups in total. The Labute approximate surface area is 285 Å².